The number of hydrogen-bond acceptors (Lipinski definition) is 1. The summed E-state index contributed by atoms with van der Waals surface area (Å²) in [5, 5.41) is 0. The monoisotopic (exact) mass is 197 g/mol. The zero-order chi connectivity index (χ0) is 10.7. The Morgan fingerprint density at radius 3 is 2.33 bits per heavy atom. The van der Waals surface area contributed by atoms with Crippen LogP contribution in [0.1, 0.15) is 5.56 Å². The molecule has 0 spiro atoms. The molecule has 0 aromatic heterocycles. The Kier molecular flexibility index (Phi) is 2.72. The van der Waals surface area contributed by atoms with Crippen molar-refractivity contribution >= 4 is 0 Å². The van der Waals surface area contributed by atoms with Gasteiger partial charge in [-0.15, -0.1) is 0 Å². The average molecular weight is 197 g/mol. The standard InChI is InChI=1S/C14H13O/c1-11-6-8-12(9-7-11)13-4-3-5-14(10-13)15-2/h3-10H,2H2,1H3. The Bertz CT molecular complexity index is 443. The first kappa shape index (κ1) is 9.78. The second-order valence-corrected chi connectivity index (χ2v) is 3.54. The summed E-state index contributed by atoms with van der Waals surface area (Å²) >= 11 is 0. The smallest absolute Gasteiger partial charge is 0.122 e. The molecule has 0 N–H and O–H groups in total. The summed E-state index contributed by atoms with van der Waals surface area (Å²) < 4.78 is 4.95. The second-order valence-electron chi connectivity index (χ2n) is 3.54. The zero-order valence-electron chi connectivity index (χ0n) is 8.73. The van der Waals surface area contributed by atoms with Crippen LogP contribution in [-0.4, -0.2) is 0 Å². The molecule has 0 bridgehead atoms. The van der Waals surface area contributed by atoms with Crippen LogP contribution in [-0.2, 0) is 0 Å². The summed E-state index contributed by atoms with van der Waals surface area (Å²) in [4.78, 5) is 0. The van der Waals surface area contributed by atoms with Gasteiger partial charge in [-0.05, 0) is 30.2 Å². The summed E-state index contributed by atoms with van der Waals surface area (Å²) in [7, 11) is 3.40. The van der Waals surface area contributed by atoms with Crippen LogP contribution in [0.3, 0.4) is 0 Å². The third-order valence-electron chi connectivity index (χ3n) is 2.39. The van der Waals surface area contributed by atoms with Crippen molar-refractivity contribution in [2.45, 2.75) is 6.92 Å². The van der Waals surface area contributed by atoms with Crippen molar-refractivity contribution in [2.75, 3.05) is 0 Å². The molecular weight excluding hydrogens is 184 g/mol. The van der Waals surface area contributed by atoms with E-state index in [1.165, 1.54) is 11.1 Å². The Balaban J connectivity index is 2.40. The van der Waals surface area contributed by atoms with E-state index in [4.69, 9.17) is 4.74 Å². The molecule has 15 heavy (non-hydrogen) atoms. The largest absolute Gasteiger partial charge is 0.490 e. The fourth-order valence-corrected chi connectivity index (χ4v) is 1.51. The molecule has 0 atom stereocenters. The molecule has 0 aliphatic heterocycles. The van der Waals surface area contributed by atoms with Gasteiger partial charge in [0.05, 0.1) is 0 Å². The van der Waals surface area contributed by atoms with E-state index in [1.54, 1.807) is 0 Å². The highest BCUT2D eigenvalue weighted by Gasteiger charge is 1.98. The lowest BCUT2D eigenvalue weighted by molar-refractivity contribution is 0.473. The second kappa shape index (κ2) is 4.18. The van der Waals surface area contributed by atoms with Crippen molar-refractivity contribution in [1.82, 2.24) is 0 Å². The van der Waals surface area contributed by atoms with E-state index >= 15 is 0 Å². The lowest BCUT2D eigenvalue weighted by Gasteiger charge is -2.04. The van der Waals surface area contributed by atoms with E-state index in [0.717, 1.165) is 11.3 Å². The van der Waals surface area contributed by atoms with Crippen LogP contribution in [0.15, 0.2) is 48.5 Å². The minimum atomic E-state index is 0.785. The third kappa shape index (κ3) is 2.18. The first-order valence-electron chi connectivity index (χ1n) is 4.89. The van der Waals surface area contributed by atoms with E-state index in [-0.39, 0.29) is 0 Å². The van der Waals surface area contributed by atoms with Crippen molar-refractivity contribution in [3.05, 3.63) is 61.2 Å². The summed E-state index contributed by atoms with van der Waals surface area (Å²) in [6, 6.07) is 16.3. The van der Waals surface area contributed by atoms with Crippen molar-refractivity contribution in [1.29, 1.82) is 0 Å². The van der Waals surface area contributed by atoms with Gasteiger partial charge < -0.3 is 4.74 Å². The van der Waals surface area contributed by atoms with Crippen molar-refractivity contribution < 1.29 is 4.74 Å². The molecule has 0 unspecified atom stereocenters. The van der Waals surface area contributed by atoms with Crippen LogP contribution in [0.5, 0.6) is 5.75 Å². The quantitative estimate of drug-likeness (QED) is 0.710. The van der Waals surface area contributed by atoms with Gasteiger partial charge in [0.25, 0.3) is 0 Å². The zero-order valence-corrected chi connectivity index (χ0v) is 8.73. The minimum absolute atomic E-state index is 0.785. The third-order valence-corrected chi connectivity index (χ3v) is 2.39. The average Bonchev–Trinajstić information content (AvgIpc) is 2.30. The van der Waals surface area contributed by atoms with Gasteiger partial charge in [-0.3, -0.25) is 0 Å². The predicted octanol–water partition coefficient (Wildman–Crippen LogP) is 3.83. The van der Waals surface area contributed by atoms with E-state index in [0.29, 0.717) is 0 Å². The number of hydrogen-bond donors (Lipinski definition) is 0. The predicted molar refractivity (Wildman–Crippen MR) is 62.6 cm³/mol. The first-order chi connectivity index (χ1) is 7.29. The maximum absolute atomic E-state index is 4.95. The minimum Gasteiger partial charge on any atom is -0.490 e. The molecule has 2 aromatic carbocycles. The lowest BCUT2D eigenvalue weighted by Crippen LogP contribution is -1.82. The molecule has 1 nitrogen and oxygen atoms in total. The lowest BCUT2D eigenvalue weighted by atomic mass is 10.0. The van der Waals surface area contributed by atoms with Gasteiger partial charge >= 0.3 is 0 Å². The van der Waals surface area contributed by atoms with Gasteiger partial charge in [-0.25, -0.2) is 0 Å². The normalized spacial score (nSPS) is 10.0. The highest BCUT2D eigenvalue weighted by Crippen LogP contribution is 2.23. The van der Waals surface area contributed by atoms with Crippen LogP contribution in [0, 0.1) is 14.0 Å². The van der Waals surface area contributed by atoms with Crippen LogP contribution in [0.25, 0.3) is 11.1 Å². The van der Waals surface area contributed by atoms with E-state index < -0.39 is 0 Å². The molecule has 1 radical (unpaired) electrons. The van der Waals surface area contributed by atoms with Gasteiger partial charge in [0.2, 0.25) is 0 Å². The molecule has 75 valence electrons. The highest BCUT2D eigenvalue weighted by molar-refractivity contribution is 5.65. The number of aryl methyl sites for hydroxylation is 1. The number of ether oxygens (including phenoxy) is 1. The van der Waals surface area contributed by atoms with Crippen LogP contribution < -0.4 is 4.74 Å². The fourth-order valence-electron chi connectivity index (χ4n) is 1.51. The molecule has 0 saturated heterocycles. The van der Waals surface area contributed by atoms with Gasteiger partial charge in [-0.2, -0.15) is 0 Å². The summed E-state index contributed by atoms with van der Waals surface area (Å²) in [5.41, 5.74) is 3.61. The molecule has 2 aromatic rings. The van der Waals surface area contributed by atoms with Crippen molar-refractivity contribution in [2.24, 2.45) is 0 Å². The molecular formula is C14H13O. The summed E-state index contributed by atoms with van der Waals surface area (Å²) in [5.74, 6) is 0.785. The van der Waals surface area contributed by atoms with Gasteiger partial charge in [0.15, 0.2) is 0 Å². The SMILES string of the molecule is [CH2]Oc1cccc(-c2ccc(C)cc2)c1. The van der Waals surface area contributed by atoms with Gasteiger partial charge in [0, 0.05) is 0 Å². The van der Waals surface area contributed by atoms with E-state index in [2.05, 4.69) is 44.4 Å². The molecule has 0 heterocycles. The fraction of sp³-hybridized carbons (Fsp3) is 0.0714. The van der Waals surface area contributed by atoms with Gasteiger partial charge in [0.1, 0.15) is 12.9 Å². The Morgan fingerprint density at radius 1 is 0.933 bits per heavy atom. The Hall–Kier alpha value is -1.76. The molecule has 0 saturated carbocycles. The van der Waals surface area contributed by atoms with E-state index in [1.807, 2.05) is 18.2 Å². The molecule has 1 heteroatoms. The van der Waals surface area contributed by atoms with E-state index in [9.17, 15) is 0 Å². The maximum Gasteiger partial charge on any atom is 0.122 e. The van der Waals surface area contributed by atoms with Gasteiger partial charge in [-0.1, -0.05) is 42.0 Å². The van der Waals surface area contributed by atoms with Crippen LogP contribution in [0.4, 0.5) is 0 Å². The number of rotatable bonds is 2. The van der Waals surface area contributed by atoms with Crippen molar-refractivity contribution in [3.63, 3.8) is 0 Å². The van der Waals surface area contributed by atoms with Crippen molar-refractivity contribution in [3.8, 4) is 16.9 Å². The summed E-state index contributed by atoms with van der Waals surface area (Å²) in [6.45, 7) is 2.08. The first-order valence-corrected chi connectivity index (χ1v) is 4.89. The Labute approximate surface area is 90.3 Å². The van der Waals surface area contributed by atoms with Crippen LogP contribution in [0.2, 0.25) is 0 Å². The maximum atomic E-state index is 4.95. The highest BCUT2D eigenvalue weighted by atomic mass is 16.5. The van der Waals surface area contributed by atoms with Crippen LogP contribution >= 0.6 is 0 Å². The molecule has 0 aliphatic carbocycles. The molecule has 0 fully saturated rings. The molecule has 0 aliphatic rings. The number of benzene rings is 2. The topological polar surface area (TPSA) is 9.23 Å². The molecule has 2 rings (SSSR count). The Morgan fingerprint density at radius 2 is 1.67 bits per heavy atom. The molecule has 0 amide bonds. The summed E-state index contributed by atoms with van der Waals surface area (Å²) in [6.07, 6.45) is 0.